The van der Waals surface area contributed by atoms with Crippen molar-refractivity contribution in [2.45, 2.75) is 19.3 Å². The molecule has 1 fully saturated rings. The topological polar surface area (TPSA) is 66.3 Å². The molecule has 1 aliphatic rings. The van der Waals surface area contributed by atoms with Gasteiger partial charge in [0.15, 0.2) is 16.6 Å². The Morgan fingerprint density at radius 2 is 1.92 bits per heavy atom. The lowest BCUT2D eigenvalue weighted by molar-refractivity contribution is 0.103. The van der Waals surface area contributed by atoms with Crippen LogP contribution in [-0.2, 0) is 0 Å². The number of phenols is 1. The minimum atomic E-state index is -0.380. The first-order chi connectivity index (χ1) is 12.5. The van der Waals surface area contributed by atoms with Gasteiger partial charge in [-0.2, -0.15) is 4.98 Å². The maximum atomic E-state index is 12.8. The van der Waals surface area contributed by atoms with Crippen molar-refractivity contribution in [3.05, 3.63) is 45.6 Å². The molecule has 1 N–H and O–H groups in total. The van der Waals surface area contributed by atoms with Crippen LogP contribution >= 0.6 is 34.5 Å². The number of hydrogen-bond donors (Lipinski definition) is 1. The van der Waals surface area contributed by atoms with Gasteiger partial charge in [0.2, 0.25) is 0 Å². The van der Waals surface area contributed by atoms with Gasteiger partial charge in [-0.05, 0) is 37.5 Å². The summed E-state index contributed by atoms with van der Waals surface area (Å²) in [4.78, 5) is 24.0. The Morgan fingerprint density at radius 3 is 2.69 bits per heavy atom. The number of anilines is 1. The second-order valence-electron chi connectivity index (χ2n) is 6.20. The molecule has 3 aromatic rings. The molecular weight excluding hydrogens is 393 g/mol. The van der Waals surface area contributed by atoms with E-state index in [1.54, 1.807) is 6.07 Å². The summed E-state index contributed by atoms with van der Waals surface area (Å²) >= 11 is 13.4. The quantitative estimate of drug-likeness (QED) is 0.623. The third-order valence-corrected chi connectivity index (χ3v) is 5.96. The van der Waals surface area contributed by atoms with Crippen LogP contribution in [0.2, 0.25) is 10.0 Å². The van der Waals surface area contributed by atoms with E-state index in [0.29, 0.717) is 11.2 Å². The van der Waals surface area contributed by atoms with Crippen LogP contribution in [0.1, 0.15) is 35.2 Å². The van der Waals surface area contributed by atoms with Crippen LogP contribution < -0.4 is 4.90 Å². The molecular formula is C18H15Cl2N3O2S. The first-order valence-corrected chi connectivity index (χ1v) is 9.84. The Kier molecular flexibility index (Phi) is 4.73. The Labute approximate surface area is 164 Å². The number of thiazole rings is 1. The molecule has 5 nitrogen and oxygen atoms in total. The van der Waals surface area contributed by atoms with Crippen LogP contribution in [0.3, 0.4) is 0 Å². The zero-order valence-electron chi connectivity index (χ0n) is 13.7. The normalized spacial score (nSPS) is 14.8. The van der Waals surface area contributed by atoms with E-state index in [4.69, 9.17) is 23.2 Å². The number of phenolic OH excluding ortho intramolecular Hbond substituents is 1. The van der Waals surface area contributed by atoms with Gasteiger partial charge in [0.25, 0.3) is 0 Å². The van der Waals surface area contributed by atoms with Crippen molar-refractivity contribution in [1.29, 1.82) is 0 Å². The van der Waals surface area contributed by atoms with Crippen molar-refractivity contribution in [2.24, 2.45) is 0 Å². The van der Waals surface area contributed by atoms with Crippen molar-refractivity contribution >= 4 is 55.8 Å². The highest BCUT2D eigenvalue weighted by atomic mass is 35.5. The van der Waals surface area contributed by atoms with E-state index in [-0.39, 0.29) is 27.1 Å². The second-order valence-corrected chi connectivity index (χ2v) is 8.06. The summed E-state index contributed by atoms with van der Waals surface area (Å²) in [5, 5.41) is 11.4. The van der Waals surface area contributed by atoms with Crippen molar-refractivity contribution in [2.75, 3.05) is 18.0 Å². The molecule has 26 heavy (non-hydrogen) atoms. The molecule has 1 aliphatic heterocycles. The fourth-order valence-electron chi connectivity index (χ4n) is 3.05. The van der Waals surface area contributed by atoms with Gasteiger partial charge in [-0.3, -0.25) is 4.79 Å². The van der Waals surface area contributed by atoms with Crippen molar-refractivity contribution in [3.63, 3.8) is 0 Å². The highest BCUT2D eigenvalue weighted by Crippen LogP contribution is 2.34. The Balaban J connectivity index is 1.70. The molecule has 0 spiro atoms. The molecule has 0 saturated carbocycles. The summed E-state index contributed by atoms with van der Waals surface area (Å²) in [5.41, 5.74) is 1.05. The molecule has 2 aromatic heterocycles. The lowest BCUT2D eigenvalue weighted by atomic mass is 10.0. The second kappa shape index (κ2) is 7.02. The number of ketones is 1. The predicted octanol–water partition coefficient (Wildman–Crippen LogP) is 4.93. The summed E-state index contributed by atoms with van der Waals surface area (Å²) in [7, 11) is 0. The van der Waals surface area contributed by atoms with Crippen LogP contribution in [0.4, 0.5) is 5.13 Å². The summed E-state index contributed by atoms with van der Waals surface area (Å²) in [6.07, 6.45) is 5.06. The maximum Gasteiger partial charge on any atom is 0.198 e. The molecule has 1 saturated heterocycles. The molecule has 0 atom stereocenters. The average molecular weight is 408 g/mol. The molecule has 0 bridgehead atoms. The summed E-state index contributed by atoms with van der Waals surface area (Å²) in [6.45, 7) is 2.00. The SMILES string of the molecule is O=C(c1cnc2nc(N3CCCCC3)sc2c1)c1cc(Cl)cc(Cl)c1O. The van der Waals surface area contributed by atoms with E-state index in [1.807, 2.05) is 0 Å². The lowest BCUT2D eigenvalue weighted by Crippen LogP contribution is -2.29. The van der Waals surface area contributed by atoms with E-state index in [1.165, 1.54) is 48.9 Å². The minimum absolute atomic E-state index is 0.0417. The van der Waals surface area contributed by atoms with Gasteiger partial charge in [-0.1, -0.05) is 34.5 Å². The van der Waals surface area contributed by atoms with Gasteiger partial charge in [-0.15, -0.1) is 0 Å². The number of aromatic nitrogens is 2. The number of carbonyl (C=O) groups is 1. The number of benzene rings is 1. The van der Waals surface area contributed by atoms with Crippen LogP contribution in [0.15, 0.2) is 24.4 Å². The van der Waals surface area contributed by atoms with Crippen LogP contribution in [0.5, 0.6) is 5.75 Å². The van der Waals surface area contributed by atoms with E-state index in [2.05, 4.69) is 14.9 Å². The molecule has 4 rings (SSSR count). The number of carbonyl (C=O) groups excluding carboxylic acids is 1. The van der Waals surface area contributed by atoms with E-state index in [0.717, 1.165) is 22.9 Å². The molecule has 0 amide bonds. The maximum absolute atomic E-state index is 12.8. The highest BCUT2D eigenvalue weighted by molar-refractivity contribution is 7.22. The number of rotatable bonds is 3. The van der Waals surface area contributed by atoms with E-state index >= 15 is 0 Å². The summed E-state index contributed by atoms with van der Waals surface area (Å²) < 4.78 is 0.837. The largest absolute Gasteiger partial charge is 0.506 e. The first-order valence-electron chi connectivity index (χ1n) is 8.27. The fourth-order valence-corrected chi connectivity index (χ4v) is 4.56. The predicted molar refractivity (Wildman–Crippen MR) is 105 cm³/mol. The van der Waals surface area contributed by atoms with Gasteiger partial charge in [0.05, 0.1) is 15.3 Å². The molecule has 0 radical (unpaired) electrons. The zero-order chi connectivity index (χ0) is 18.3. The van der Waals surface area contributed by atoms with Crippen LogP contribution in [0, 0.1) is 0 Å². The number of halogens is 2. The van der Waals surface area contributed by atoms with Crippen molar-refractivity contribution in [3.8, 4) is 5.75 Å². The third-order valence-electron chi connectivity index (χ3n) is 4.40. The average Bonchev–Trinajstić information content (AvgIpc) is 3.08. The van der Waals surface area contributed by atoms with E-state index in [9.17, 15) is 9.90 Å². The van der Waals surface area contributed by atoms with Crippen LogP contribution in [0.25, 0.3) is 10.3 Å². The lowest BCUT2D eigenvalue weighted by Gasteiger charge is -2.25. The standard InChI is InChI=1S/C18H15Cl2N3O2S/c19-11-7-12(16(25)13(20)8-11)15(24)10-6-14-17(21-9-10)22-18(26-14)23-4-2-1-3-5-23/h6-9,25H,1-5H2. The highest BCUT2D eigenvalue weighted by Gasteiger charge is 2.20. The first kappa shape index (κ1) is 17.5. The number of fused-ring (bicyclic) bond motifs is 1. The van der Waals surface area contributed by atoms with E-state index < -0.39 is 0 Å². The molecule has 8 heteroatoms. The Hall–Kier alpha value is -1.89. The van der Waals surface area contributed by atoms with Gasteiger partial charge in [-0.25, -0.2) is 4.98 Å². The fraction of sp³-hybridized carbons (Fsp3) is 0.278. The third kappa shape index (κ3) is 3.24. The number of aromatic hydroxyl groups is 1. The van der Waals surface area contributed by atoms with Crippen molar-refractivity contribution < 1.29 is 9.90 Å². The van der Waals surface area contributed by atoms with Gasteiger partial charge >= 0.3 is 0 Å². The minimum Gasteiger partial charge on any atom is -0.506 e. The number of pyridine rings is 1. The molecule has 1 aromatic carbocycles. The summed E-state index contributed by atoms with van der Waals surface area (Å²) in [5.74, 6) is -0.659. The molecule has 0 aliphatic carbocycles. The van der Waals surface area contributed by atoms with Crippen LogP contribution in [-0.4, -0.2) is 33.9 Å². The van der Waals surface area contributed by atoms with Gasteiger partial charge in [0.1, 0.15) is 5.75 Å². The zero-order valence-corrected chi connectivity index (χ0v) is 16.0. The van der Waals surface area contributed by atoms with Gasteiger partial charge < -0.3 is 10.0 Å². The number of nitrogens with zero attached hydrogens (tertiary/aromatic N) is 3. The Morgan fingerprint density at radius 1 is 1.15 bits per heavy atom. The monoisotopic (exact) mass is 407 g/mol. The Bertz CT molecular complexity index is 1000. The molecule has 3 heterocycles. The smallest absolute Gasteiger partial charge is 0.198 e. The molecule has 134 valence electrons. The summed E-state index contributed by atoms with van der Waals surface area (Å²) in [6, 6.07) is 4.55. The number of hydrogen-bond acceptors (Lipinski definition) is 6. The van der Waals surface area contributed by atoms with Crippen molar-refractivity contribution in [1.82, 2.24) is 9.97 Å². The van der Waals surface area contributed by atoms with Gasteiger partial charge in [0, 0.05) is 29.9 Å². The molecule has 0 unspecified atom stereocenters. The number of piperidine rings is 1.